The molecule has 0 amide bonds. The van der Waals surface area contributed by atoms with E-state index in [9.17, 15) is 0 Å². The number of methoxy groups -OCH3 is 1. The molecule has 4 heterocycles. The second kappa shape index (κ2) is 11.3. The maximum Gasteiger partial charge on any atom is 0.240 e. The van der Waals surface area contributed by atoms with Gasteiger partial charge in [0.2, 0.25) is 5.88 Å². The third-order valence-electron chi connectivity index (χ3n) is 6.21. The van der Waals surface area contributed by atoms with Crippen LogP contribution < -0.4 is 9.64 Å². The minimum Gasteiger partial charge on any atom is -0.479 e. The second-order valence-electron chi connectivity index (χ2n) is 8.69. The maximum atomic E-state index is 5.62. The van der Waals surface area contributed by atoms with Gasteiger partial charge >= 0.3 is 0 Å². The first-order valence-electron chi connectivity index (χ1n) is 12.6. The van der Waals surface area contributed by atoms with E-state index in [0.29, 0.717) is 24.9 Å². The minimum absolute atomic E-state index is 0.552. The molecule has 0 radical (unpaired) electrons. The van der Waals surface area contributed by atoms with Gasteiger partial charge in [-0.2, -0.15) is 9.61 Å². The van der Waals surface area contributed by atoms with Gasteiger partial charge in [0.15, 0.2) is 11.5 Å². The van der Waals surface area contributed by atoms with Crippen molar-refractivity contribution in [2.75, 3.05) is 38.3 Å². The number of hydrogen-bond acceptors (Lipinski definition) is 6. The molecular weight excluding hydrogens is 464 g/mol. The summed E-state index contributed by atoms with van der Waals surface area (Å²) in [6, 6.07) is 14.2. The zero-order chi connectivity index (χ0) is 25.6. The Labute approximate surface area is 217 Å². The molecule has 4 aromatic rings. The Morgan fingerprint density at radius 2 is 1.92 bits per heavy atom. The largest absolute Gasteiger partial charge is 0.479 e. The highest BCUT2D eigenvalue weighted by Gasteiger charge is 2.20. The molecule has 0 spiro atoms. The highest BCUT2D eigenvalue weighted by molar-refractivity contribution is 5.75. The van der Waals surface area contributed by atoms with Crippen molar-refractivity contribution in [3.63, 3.8) is 0 Å². The molecule has 1 aliphatic rings. The van der Waals surface area contributed by atoms with Gasteiger partial charge in [0, 0.05) is 37.0 Å². The van der Waals surface area contributed by atoms with E-state index in [2.05, 4.69) is 36.1 Å². The number of aromatic nitrogens is 5. The number of rotatable bonds is 8. The molecule has 8 nitrogen and oxygen atoms in total. The first-order valence-corrected chi connectivity index (χ1v) is 12.6. The van der Waals surface area contributed by atoms with Crippen LogP contribution in [-0.2, 0) is 4.74 Å². The molecule has 37 heavy (non-hydrogen) atoms. The van der Waals surface area contributed by atoms with Crippen LogP contribution >= 0.6 is 0 Å². The molecular formula is C29H32N6O2. The van der Waals surface area contributed by atoms with Gasteiger partial charge in [-0.05, 0) is 18.9 Å². The number of ether oxygens (including phenoxy) is 2. The van der Waals surface area contributed by atoms with Crippen LogP contribution in [-0.4, -0.2) is 57.8 Å². The molecule has 1 aromatic carbocycles. The molecule has 0 aliphatic carbocycles. The lowest BCUT2D eigenvalue weighted by Gasteiger charge is -2.29. The number of morpholine rings is 1. The van der Waals surface area contributed by atoms with Gasteiger partial charge in [-0.3, -0.25) is 0 Å². The average molecular weight is 497 g/mol. The van der Waals surface area contributed by atoms with Crippen molar-refractivity contribution in [1.82, 2.24) is 24.4 Å². The molecule has 1 fully saturated rings. The van der Waals surface area contributed by atoms with E-state index in [0.717, 1.165) is 53.4 Å². The van der Waals surface area contributed by atoms with E-state index >= 15 is 0 Å². The van der Waals surface area contributed by atoms with Gasteiger partial charge in [-0.1, -0.05) is 67.6 Å². The Morgan fingerprint density at radius 3 is 2.65 bits per heavy atom. The summed E-state index contributed by atoms with van der Waals surface area (Å²) < 4.78 is 14.9. The lowest BCUT2D eigenvalue weighted by Crippen LogP contribution is -2.37. The fourth-order valence-corrected chi connectivity index (χ4v) is 4.38. The first kappa shape index (κ1) is 24.5. The van der Waals surface area contributed by atoms with Crippen molar-refractivity contribution in [1.29, 1.82) is 0 Å². The Kier molecular flexibility index (Phi) is 7.46. The van der Waals surface area contributed by atoms with Crippen LogP contribution in [0.15, 0.2) is 79.0 Å². The molecule has 3 aromatic heterocycles. The van der Waals surface area contributed by atoms with Gasteiger partial charge in [0.05, 0.1) is 31.6 Å². The molecule has 8 heteroatoms. The van der Waals surface area contributed by atoms with Gasteiger partial charge in [-0.25, -0.2) is 9.67 Å². The molecule has 190 valence electrons. The minimum atomic E-state index is 0.552. The summed E-state index contributed by atoms with van der Waals surface area (Å²) >= 11 is 0. The number of allylic oxidation sites excluding steroid dienone is 6. The fourth-order valence-electron chi connectivity index (χ4n) is 4.38. The van der Waals surface area contributed by atoms with Crippen molar-refractivity contribution in [3.8, 4) is 22.8 Å². The monoisotopic (exact) mass is 496 g/mol. The molecule has 0 N–H and O–H groups in total. The smallest absolute Gasteiger partial charge is 0.240 e. The van der Waals surface area contributed by atoms with Crippen molar-refractivity contribution in [2.45, 2.75) is 20.3 Å². The van der Waals surface area contributed by atoms with Crippen molar-refractivity contribution < 1.29 is 9.47 Å². The lowest BCUT2D eigenvalue weighted by molar-refractivity contribution is 0.122. The molecule has 5 rings (SSSR count). The number of fused-ring (bicyclic) bond motifs is 1. The van der Waals surface area contributed by atoms with Crippen molar-refractivity contribution >= 4 is 17.0 Å². The Bertz CT molecular complexity index is 1440. The predicted octanol–water partition coefficient (Wildman–Crippen LogP) is 5.35. The predicted molar refractivity (Wildman–Crippen MR) is 147 cm³/mol. The number of benzene rings is 1. The Morgan fingerprint density at radius 1 is 1.11 bits per heavy atom. The van der Waals surface area contributed by atoms with E-state index < -0.39 is 0 Å². The van der Waals surface area contributed by atoms with Crippen LogP contribution in [0.3, 0.4) is 0 Å². The summed E-state index contributed by atoms with van der Waals surface area (Å²) in [6.45, 7) is 7.04. The van der Waals surface area contributed by atoms with E-state index in [-0.39, 0.29) is 0 Å². The van der Waals surface area contributed by atoms with Gasteiger partial charge in [0.1, 0.15) is 5.82 Å². The summed E-state index contributed by atoms with van der Waals surface area (Å²) in [7, 11) is 1.64. The third kappa shape index (κ3) is 5.20. The Balaban J connectivity index is 1.65. The first-order chi connectivity index (χ1) is 18.2. The van der Waals surface area contributed by atoms with Crippen molar-refractivity contribution in [2.24, 2.45) is 0 Å². The normalized spacial score (nSPS) is 14.9. The molecule has 0 atom stereocenters. The summed E-state index contributed by atoms with van der Waals surface area (Å²) in [5.74, 6) is 2.20. The Hall–Kier alpha value is -4.17. The van der Waals surface area contributed by atoms with Crippen LogP contribution in [0.5, 0.6) is 5.88 Å². The second-order valence-corrected chi connectivity index (χ2v) is 8.69. The number of anilines is 1. The molecule has 0 bridgehead atoms. The highest BCUT2D eigenvalue weighted by Crippen LogP contribution is 2.31. The standard InChI is InChI=1S/C29H32N6O2/c1-4-6-8-14-23(11-5-2)25-19-27-30-26(20-28(35(27)31-25)33-15-17-37-18-16-33)34-21-24(29(32-34)36-3)22-12-9-7-10-13-22/h5-14,19-21H,4,15-18H2,1-3H3/b8-6+,11-5-,23-14+. The summed E-state index contributed by atoms with van der Waals surface area (Å²) in [4.78, 5) is 7.25. The maximum absolute atomic E-state index is 5.62. The SMILES string of the molecule is C\C=C/C(=C\C=C\CC)c1cc2nc(-n3cc(-c4ccccc4)c(OC)n3)cc(N3CCOCC3)n2n1. The average Bonchev–Trinajstić information content (AvgIpc) is 3.58. The summed E-state index contributed by atoms with van der Waals surface area (Å²) in [5.41, 5.74) is 4.58. The van der Waals surface area contributed by atoms with E-state index in [1.54, 1.807) is 11.8 Å². The quantitative estimate of drug-likeness (QED) is 0.306. The van der Waals surface area contributed by atoms with Gasteiger partial charge in [0.25, 0.3) is 0 Å². The van der Waals surface area contributed by atoms with Crippen LogP contribution in [0.1, 0.15) is 26.0 Å². The van der Waals surface area contributed by atoms with E-state index in [4.69, 9.17) is 24.7 Å². The fraction of sp³-hybridized carbons (Fsp3) is 0.276. The zero-order valence-electron chi connectivity index (χ0n) is 21.5. The summed E-state index contributed by atoms with van der Waals surface area (Å²) in [6.07, 6.45) is 13.3. The number of hydrogen-bond donors (Lipinski definition) is 0. The highest BCUT2D eigenvalue weighted by atomic mass is 16.5. The van der Waals surface area contributed by atoms with E-state index in [1.165, 1.54) is 0 Å². The van der Waals surface area contributed by atoms with Crippen LogP contribution in [0.25, 0.3) is 28.2 Å². The van der Waals surface area contributed by atoms with Crippen LogP contribution in [0, 0.1) is 0 Å². The third-order valence-corrected chi connectivity index (χ3v) is 6.21. The zero-order valence-corrected chi connectivity index (χ0v) is 21.5. The van der Waals surface area contributed by atoms with Crippen molar-refractivity contribution in [3.05, 3.63) is 84.7 Å². The van der Waals surface area contributed by atoms with E-state index in [1.807, 2.05) is 66.2 Å². The lowest BCUT2D eigenvalue weighted by atomic mass is 10.1. The topological polar surface area (TPSA) is 69.7 Å². The number of nitrogens with zero attached hydrogens (tertiary/aromatic N) is 6. The van der Waals surface area contributed by atoms with Crippen LogP contribution in [0.2, 0.25) is 0 Å². The molecule has 0 saturated carbocycles. The van der Waals surface area contributed by atoms with Crippen LogP contribution in [0.4, 0.5) is 5.82 Å². The van der Waals surface area contributed by atoms with Gasteiger partial charge in [-0.15, -0.1) is 5.10 Å². The molecule has 1 saturated heterocycles. The molecule has 0 unspecified atom stereocenters. The molecule has 1 aliphatic heterocycles. The summed E-state index contributed by atoms with van der Waals surface area (Å²) in [5, 5.41) is 9.69. The van der Waals surface area contributed by atoms with Gasteiger partial charge < -0.3 is 14.4 Å².